The van der Waals surface area contributed by atoms with Gasteiger partial charge >= 0.3 is 0 Å². The minimum atomic E-state index is -0.563. The standard InChI is InChI=1S/C12H19N3O3/c1-2-4-12(5-3-6-13-12)11(18)15-7-9(16)14-10(17)8-15/h13H,2-8H2,1H3,(H,14,16,17). The van der Waals surface area contributed by atoms with Crippen LogP contribution in [0.1, 0.15) is 32.6 Å². The van der Waals surface area contributed by atoms with Crippen molar-refractivity contribution in [3.8, 4) is 0 Å². The lowest BCUT2D eigenvalue weighted by Crippen LogP contribution is -2.61. The van der Waals surface area contributed by atoms with Gasteiger partial charge in [0.2, 0.25) is 17.7 Å². The SMILES string of the molecule is CCCC1(C(=O)N2CC(=O)NC(=O)C2)CCCN1. The molecule has 1 unspecified atom stereocenters. The molecule has 6 nitrogen and oxygen atoms in total. The molecular formula is C12H19N3O3. The highest BCUT2D eigenvalue weighted by Gasteiger charge is 2.44. The zero-order valence-corrected chi connectivity index (χ0v) is 10.6. The Hall–Kier alpha value is -1.43. The van der Waals surface area contributed by atoms with Gasteiger partial charge in [0.25, 0.3) is 0 Å². The molecule has 6 heteroatoms. The number of rotatable bonds is 3. The Morgan fingerprint density at radius 1 is 1.33 bits per heavy atom. The molecule has 0 aromatic carbocycles. The number of piperazine rings is 1. The number of imide groups is 1. The monoisotopic (exact) mass is 253 g/mol. The first-order chi connectivity index (χ1) is 8.57. The fourth-order valence-corrected chi connectivity index (χ4v) is 2.82. The first kappa shape index (κ1) is 13.0. The zero-order chi connectivity index (χ0) is 13.2. The second-order valence-electron chi connectivity index (χ2n) is 5.00. The van der Waals surface area contributed by atoms with E-state index in [9.17, 15) is 14.4 Å². The minimum absolute atomic E-state index is 0.0162. The molecule has 0 aromatic heterocycles. The van der Waals surface area contributed by atoms with E-state index in [2.05, 4.69) is 10.6 Å². The Bertz CT molecular complexity index is 359. The molecule has 2 heterocycles. The van der Waals surface area contributed by atoms with Gasteiger partial charge in [-0.3, -0.25) is 19.7 Å². The summed E-state index contributed by atoms with van der Waals surface area (Å²) in [4.78, 5) is 36.5. The van der Waals surface area contributed by atoms with Crippen LogP contribution in [0.4, 0.5) is 0 Å². The Morgan fingerprint density at radius 3 is 2.50 bits per heavy atom. The van der Waals surface area contributed by atoms with Crippen LogP contribution in [0.3, 0.4) is 0 Å². The minimum Gasteiger partial charge on any atom is -0.322 e. The van der Waals surface area contributed by atoms with Gasteiger partial charge in [-0.2, -0.15) is 0 Å². The molecule has 0 bridgehead atoms. The summed E-state index contributed by atoms with van der Waals surface area (Å²) in [5.74, 6) is -0.904. The third-order valence-electron chi connectivity index (χ3n) is 3.56. The average molecular weight is 253 g/mol. The van der Waals surface area contributed by atoms with E-state index in [-0.39, 0.29) is 19.0 Å². The van der Waals surface area contributed by atoms with Crippen molar-refractivity contribution in [3.63, 3.8) is 0 Å². The molecule has 2 aliphatic rings. The van der Waals surface area contributed by atoms with Gasteiger partial charge in [0.15, 0.2) is 0 Å². The zero-order valence-electron chi connectivity index (χ0n) is 10.6. The van der Waals surface area contributed by atoms with E-state index in [1.54, 1.807) is 0 Å². The molecule has 2 aliphatic heterocycles. The van der Waals surface area contributed by atoms with Crippen LogP contribution < -0.4 is 10.6 Å². The predicted octanol–water partition coefficient (Wildman–Crippen LogP) is -0.606. The van der Waals surface area contributed by atoms with E-state index in [4.69, 9.17) is 0 Å². The van der Waals surface area contributed by atoms with Crippen molar-refractivity contribution < 1.29 is 14.4 Å². The fourth-order valence-electron chi connectivity index (χ4n) is 2.82. The molecule has 2 saturated heterocycles. The van der Waals surface area contributed by atoms with Crippen LogP contribution in [0.15, 0.2) is 0 Å². The van der Waals surface area contributed by atoms with Gasteiger partial charge < -0.3 is 10.2 Å². The summed E-state index contributed by atoms with van der Waals surface area (Å²) in [6.45, 7) is 2.82. The van der Waals surface area contributed by atoms with Crippen molar-refractivity contribution in [1.29, 1.82) is 0 Å². The molecule has 0 spiro atoms. The maximum absolute atomic E-state index is 12.5. The molecule has 2 N–H and O–H groups in total. The van der Waals surface area contributed by atoms with E-state index < -0.39 is 17.4 Å². The van der Waals surface area contributed by atoms with Gasteiger partial charge in [-0.25, -0.2) is 0 Å². The highest BCUT2D eigenvalue weighted by atomic mass is 16.2. The van der Waals surface area contributed by atoms with Crippen LogP contribution in [0.25, 0.3) is 0 Å². The highest BCUT2D eigenvalue weighted by Crippen LogP contribution is 2.27. The first-order valence-electron chi connectivity index (χ1n) is 6.44. The van der Waals surface area contributed by atoms with Gasteiger partial charge in [-0.15, -0.1) is 0 Å². The van der Waals surface area contributed by atoms with Gasteiger partial charge in [-0.1, -0.05) is 13.3 Å². The van der Waals surface area contributed by atoms with E-state index in [0.717, 1.165) is 32.2 Å². The summed E-state index contributed by atoms with van der Waals surface area (Å²) in [6.07, 6.45) is 3.39. The fraction of sp³-hybridized carbons (Fsp3) is 0.750. The lowest BCUT2D eigenvalue weighted by Gasteiger charge is -2.35. The van der Waals surface area contributed by atoms with Gasteiger partial charge in [0.05, 0.1) is 5.54 Å². The molecule has 18 heavy (non-hydrogen) atoms. The van der Waals surface area contributed by atoms with Crippen LogP contribution in [0.2, 0.25) is 0 Å². The number of hydrogen-bond donors (Lipinski definition) is 2. The van der Waals surface area contributed by atoms with Crippen LogP contribution in [0, 0.1) is 0 Å². The molecule has 1 atom stereocenters. The topological polar surface area (TPSA) is 78.5 Å². The second-order valence-corrected chi connectivity index (χ2v) is 5.00. The summed E-state index contributed by atoms with van der Waals surface area (Å²) in [5.41, 5.74) is -0.563. The van der Waals surface area contributed by atoms with Gasteiger partial charge in [0.1, 0.15) is 13.1 Å². The van der Waals surface area contributed by atoms with Crippen molar-refractivity contribution in [2.45, 2.75) is 38.1 Å². The quantitative estimate of drug-likeness (QED) is 0.658. The van der Waals surface area contributed by atoms with Crippen LogP contribution >= 0.6 is 0 Å². The average Bonchev–Trinajstić information content (AvgIpc) is 2.77. The van der Waals surface area contributed by atoms with E-state index >= 15 is 0 Å². The highest BCUT2D eigenvalue weighted by molar-refractivity contribution is 6.03. The Morgan fingerprint density at radius 2 is 2.00 bits per heavy atom. The Kier molecular flexibility index (Phi) is 3.65. The van der Waals surface area contributed by atoms with E-state index in [1.807, 2.05) is 6.92 Å². The number of carbonyl (C=O) groups is 3. The second kappa shape index (κ2) is 5.06. The normalized spacial score (nSPS) is 28.4. The molecule has 0 aliphatic carbocycles. The molecule has 2 rings (SSSR count). The number of nitrogens with zero attached hydrogens (tertiary/aromatic N) is 1. The maximum Gasteiger partial charge on any atom is 0.246 e. The lowest BCUT2D eigenvalue weighted by molar-refractivity contribution is -0.149. The Balaban J connectivity index is 2.13. The summed E-state index contributed by atoms with van der Waals surface area (Å²) in [5, 5.41) is 5.47. The van der Waals surface area contributed by atoms with Crippen molar-refractivity contribution in [1.82, 2.24) is 15.5 Å². The number of nitrogens with one attached hydrogen (secondary N) is 2. The van der Waals surface area contributed by atoms with Crippen molar-refractivity contribution in [3.05, 3.63) is 0 Å². The third kappa shape index (κ3) is 2.38. The first-order valence-corrected chi connectivity index (χ1v) is 6.44. The maximum atomic E-state index is 12.5. The summed E-state index contributed by atoms with van der Waals surface area (Å²) < 4.78 is 0. The van der Waals surface area contributed by atoms with Crippen LogP contribution in [-0.2, 0) is 14.4 Å². The van der Waals surface area contributed by atoms with Crippen LogP contribution in [0.5, 0.6) is 0 Å². The third-order valence-corrected chi connectivity index (χ3v) is 3.56. The number of amides is 3. The molecule has 2 fully saturated rings. The molecular weight excluding hydrogens is 234 g/mol. The largest absolute Gasteiger partial charge is 0.322 e. The van der Waals surface area contributed by atoms with Crippen molar-refractivity contribution in [2.24, 2.45) is 0 Å². The van der Waals surface area contributed by atoms with Crippen LogP contribution in [-0.4, -0.2) is 47.8 Å². The number of carbonyl (C=O) groups excluding carboxylic acids is 3. The summed E-state index contributed by atoms with van der Waals surface area (Å²) in [6, 6.07) is 0. The molecule has 3 amide bonds. The molecule has 0 saturated carbocycles. The molecule has 0 radical (unpaired) electrons. The summed E-state index contributed by atoms with van der Waals surface area (Å²) in [7, 11) is 0. The predicted molar refractivity (Wildman–Crippen MR) is 64.6 cm³/mol. The van der Waals surface area contributed by atoms with Crippen molar-refractivity contribution in [2.75, 3.05) is 19.6 Å². The van der Waals surface area contributed by atoms with Gasteiger partial charge in [-0.05, 0) is 25.8 Å². The number of hydrogen-bond acceptors (Lipinski definition) is 4. The van der Waals surface area contributed by atoms with Gasteiger partial charge in [0, 0.05) is 0 Å². The lowest BCUT2D eigenvalue weighted by atomic mass is 9.90. The smallest absolute Gasteiger partial charge is 0.246 e. The molecule has 100 valence electrons. The summed E-state index contributed by atoms with van der Waals surface area (Å²) >= 11 is 0. The Labute approximate surface area is 106 Å². The van der Waals surface area contributed by atoms with Crippen molar-refractivity contribution >= 4 is 17.7 Å². The van der Waals surface area contributed by atoms with E-state index in [1.165, 1.54) is 4.90 Å². The molecule has 0 aromatic rings. The van der Waals surface area contributed by atoms with E-state index in [0.29, 0.717) is 0 Å².